The first-order chi connectivity index (χ1) is 10.2. The molecule has 1 nitrogen and oxygen atoms in total. The van der Waals surface area contributed by atoms with Crippen LogP contribution in [0.4, 0.5) is 5.69 Å². The normalized spacial score (nSPS) is 15.5. The monoisotopic (exact) mass is 317 g/mol. The Bertz CT molecular complexity index is 580. The predicted molar refractivity (Wildman–Crippen MR) is 95.7 cm³/mol. The Morgan fingerprint density at radius 3 is 2.48 bits per heavy atom. The molecule has 1 aliphatic rings. The number of aryl methyl sites for hydroxylation is 2. The molecule has 1 saturated carbocycles. The second kappa shape index (κ2) is 6.89. The summed E-state index contributed by atoms with van der Waals surface area (Å²) in [5.74, 6) is 0. The summed E-state index contributed by atoms with van der Waals surface area (Å²) >= 11 is 3.94. The number of thioether (sulfide) groups is 1. The van der Waals surface area contributed by atoms with Gasteiger partial charge in [-0.1, -0.05) is 12.8 Å². The van der Waals surface area contributed by atoms with Gasteiger partial charge in [-0.3, -0.25) is 0 Å². The van der Waals surface area contributed by atoms with E-state index < -0.39 is 0 Å². The highest BCUT2D eigenvalue weighted by atomic mass is 32.2. The Kier molecular flexibility index (Phi) is 4.91. The summed E-state index contributed by atoms with van der Waals surface area (Å²) in [6.07, 6.45) is 5.61. The van der Waals surface area contributed by atoms with Crippen molar-refractivity contribution in [3.05, 3.63) is 45.6 Å². The molecule has 0 radical (unpaired) electrons. The average molecular weight is 318 g/mol. The Morgan fingerprint density at radius 2 is 1.86 bits per heavy atom. The zero-order chi connectivity index (χ0) is 14.7. The van der Waals surface area contributed by atoms with Crippen LogP contribution in [0.2, 0.25) is 0 Å². The van der Waals surface area contributed by atoms with Gasteiger partial charge in [-0.15, -0.1) is 23.1 Å². The van der Waals surface area contributed by atoms with Gasteiger partial charge in [-0.2, -0.15) is 0 Å². The maximum Gasteiger partial charge on any atom is 0.0411 e. The SMILES string of the molecule is Cc1cc(CNc2ccc(SC3CCCC3)cc2)c(C)s1. The smallest absolute Gasteiger partial charge is 0.0411 e. The fraction of sp³-hybridized carbons (Fsp3) is 0.444. The number of benzene rings is 1. The molecule has 3 rings (SSSR count). The standard InChI is InChI=1S/C18H23NS2/c1-13-11-15(14(2)20-13)12-19-16-7-9-18(10-8-16)21-17-5-3-4-6-17/h7-11,17,19H,3-6,12H2,1-2H3. The zero-order valence-corrected chi connectivity index (χ0v) is 14.4. The third kappa shape index (κ3) is 4.04. The molecule has 21 heavy (non-hydrogen) atoms. The van der Waals surface area contributed by atoms with Crippen molar-refractivity contribution >= 4 is 28.8 Å². The Morgan fingerprint density at radius 1 is 1.14 bits per heavy atom. The van der Waals surface area contributed by atoms with Crippen LogP contribution in [-0.4, -0.2) is 5.25 Å². The lowest BCUT2D eigenvalue weighted by atomic mass is 10.2. The molecule has 1 heterocycles. The molecule has 1 fully saturated rings. The summed E-state index contributed by atoms with van der Waals surface area (Å²) in [4.78, 5) is 4.23. The van der Waals surface area contributed by atoms with Gasteiger partial charge in [0.1, 0.15) is 0 Å². The van der Waals surface area contributed by atoms with E-state index in [9.17, 15) is 0 Å². The molecule has 0 spiro atoms. The molecule has 0 atom stereocenters. The quantitative estimate of drug-likeness (QED) is 0.724. The highest BCUT2D eigenvalue weighted by Gasteiger charge is 2.15. The highest BCUT2D eigenvalue weighted by molar-refractivity contribution is 8.00. The number of anilines is 1. The van der Waals surface area contributed by atoms with Crippen molar-refractivity contribution in [2.75, 3.05) is 5.32 Å². The molecule has 0 amide bonds. The first-order valence-corrected chi connectivity index (χ1v) is 9.47. The number of thiophene rings is 1. The lowest BCUT2D eigenvalue weighted by Gasteiger charge is -2.10. The van der Waals surface area contributed by atoms with Crippen LogP contribution in [0.1, 0.15) is 41.0 Å². The van der Waals surface area contributed by atoms with Crippen LogP contribution in [0.15, 0.2) is 35.2 Å². The molecular formula is C18H23NS2. The average Bonchev–Trinajstić information content (AvgIpc) is 3.08. The van der Waals surface area contributed by atoms with E-state index in [2.05, 4.69) is 61.3 Å². The fourth-order valence-corrected chi connectivity index (χ4v) is 5.10. The van der Waals surface area contributed by atoms with E-state index in [1.165, 1.54) is 51.6 Å². The summed E-state index contributed by atoms with van der Waals surface area (Å²) in [6.45, 7) is 5.30. The van der Waals surface area contributed by atoms with Gasteiger partial charge in [0.05, 0.1) is 0 Å². The maximum atomic E-state index is 3.53. The number of hydrogen-bond acceptors (Lipinski definition) is 3. The largest absolute Gasteiger partial charge is 0.381 e. The molecule has 112 valence electrons. The van der Waals surface area contributed by atoms with Crippen molar-refractivity contribution in [1.29, 1.82) is 0 Å². The molecule has 3 heteroatoms. The van der Waals surface area contributed by atoms with Crippen LogP contribution in [0, 0.1) is 13.8 Å². The van der Waals surface area contributed by atoms with E-state index in [1.807, 2.05) is 11.3 Å². The second-order valence-electron chi connectivity index (χ2n) is 5.84. The molecule has 1 N–H and O–H groups in total. The highest BCUT2D eigenvalue weighted by Crippen LogP contribution is 2.35. The minimum absolute atomic E-state index is 0.847. The molecule has 1 aliphatic carbocycles. The van der Waals surface area contributed by atoms with E-state index in [1.54, 1.807) is 0 Å². The minimum Gasteiger partial charge on any atom is -0.381 e. The van der Waals surface area contributed by atoms with Crippen LogP contribution in [0.3, 0.4) is 0 Å². The third-order valence-electron chi connectivity index (χ3n) is 4.09. The van der Waals surface area contributed by atoms with Gasteiger partial charge >= 0.3 is 0 Å². The predicted octanol–water partition coefficient (Wildman–Crippen LogP) is 6.01. The number of nitrogens with one attached hydrogen (secondary N) is 1. The van der Waals surface area contributed by atoms with Crippen LogP contribution in [0.25, 0.3) is 0 Å². The van der Waals surface area contributed by atoms with Gasteiger partial charge in [-0.05, 0) is 62.6 Å². The van der Waals surface area contributed by atoms with E-state index >= 15 is 0 Å². The fourth-order valence-electron chi connectivity index (χ4n) is 2.91. The maximum absolute atomic E-state index is 3.53. The van der Waals surface area contributed by atoms with Crippen molar-refractivity contribution in [3.63, 3.8) is 0 Å². The van der Waals surface area contributed by atoms with Crippen LogP contribution >= 0.6 is 23.1 Å². The first kappa shape index (κ1) is 15.0. The van der Waals surface area contributed by atoms with Gasteiger partial charge in [0, 0.05) is 32.1 Å². The van der Waals surface area contributed by atoms with Gasteiger partial charge in [-0.25, -0.2) is 0 Å². The topological polar surface area (TPSA) is 12.0 Å². The molecule has 1 aromatic carbocycles. The molecule has 0 saturated heterocycles. The zero-order valence-electron chi connectivity index (χ0n) is 12.8. The van der Waals surface area contributed by atoms with Crippen molar-refractivity contribution < 1.29 is 0 Å². The van der Waals surface area contributed by atoms with E-state index in [0.717, 1.165) is 11.8 Å². The van der Waals surface area contributed by atoms with Gasteiger partial charge in [0.2, 0.25) is 0 Å². The van der Waals surface area contributed by atoms with Crippen LogP contribution in [0.5, 0.6) is 0 Å². The molecule has 0 bridgehead atoms. The lowest BCUT2D eigenvalue weighted by Crippen LogP contribution is -1.99. The molecule has 2 aromatic rings. The third-order valence-corrected chi connectivity index (χ3v) is 6.44. The number of rotatable bonds is 5. The van der Waals surface area contributed by atoms with Gasteiger partial charge < -0.3 is 5.32 Å². The van der Waals surface area contributed by atoms with Crippen LogP contribution in [-0.2, 0) is 6.54 Å². The van der Waals surface area contributed by atoms with E-state index in [4.69, 9.17) is 0 Å². The molecule has 1 aromatic heterocycles. The van der Waals surface area contributed by atoms with Gasteiger partial charge in [0.15, 0.2) is 0 Å². The van der Waals surface area contributed by atoms with E-state index in [0.29, 0.717) is 0 Å². The summed E-state index contributed by atoms with van der Waals surface area (Å²) in [6, 6.07) is 11.2. The van der Waals surface area contributed by atoms with Crippen molar-refractivity contribution in [3.8, 4) is 0 Å². The Hall–Kier alpha value is -0.930. The van der Waals surface area contributed by atoms with Crippen molar-refractivity contribution in [1.82, 2.24) is 0 Å². The van der Waals surface area contributed by atoms with Gasteiger partial charge in [0.25, 0.3) is 0 Å². The summed E-state index contributed by atoms with van der Waals surface area (Å²) in [7, 11) is 0. The summed E-state index contributed by atoms with van der Waals surface area (Å²) < 4.78 is 0. The Balaban J connectivity index is 1.55. The summed E-state index contributed by atoms with van der Waals surface area (Å²) in [5.41, 5.74) is 2.64. The second-order valence-corrected chi connectivity index (χ2v) is 8.67. The Labute approximate surface area is 136 Å². The molecule has 0 unspecified atom stereocenters. The molecular weight excluding hydrogens is 294 g/mol. The minimum atomic E-state index is 0.847. The van der Waals surface area contributed by atoms with E-state index in [-0.39, 0.29) is 0 Å². The summed E-state index contributed by atoms with van der Waals surface area (Å²) in [5, 5.41) is 4.38. The number of hydrogen-bond donors (Lipinski definition) is 1. The molecule has 0 aliphatic heterocycles. The lowest BCUT2D eigenvalue weighted by molar-refractivity contribution is 0.886. The van der Waals surface area contributed by atoms with Crippen LogP contribution < -0.4 is 5.32 Å². The first-order valence-electron chi connectivity index (χ1n) is 7.77. The van der Waals surface area contributed by atoms with Crippen molar-refractivity contribution in [2.45, 2.75) is 56.2 Å². The van der Waals surface area contributed by atoms with Crippen molar-refractivity contribution in [2.24, 2.45) is 0 Å².